The molecule has 0 fully saturated rings. The Morgan fingerprint density at radius 3 is 1.83 bits per heavy atom. The summed E-state index contributed by atoms with van der Waals surface area (Å²) in [6, 6.07) is 29.1. The number of nitrogens with two attached hydrogens (primary N) is 2. The topological polar surface area (TPSA) is 52.0 Å². The first-order chi connectivity index (χ1) is 14.0. The molecule has 29 heavy (non-hydrogen) atoms. The molecule has 142 valence electrons. The molecule has 0 radical (unpaired) electrons. The third kappa shape index (κ3) is 2.49. The Hall–Kier alpha value is -3.23. The largest absolute Gasteiger partial charge is 0.399 e. The van der Waals surface area contributed by atoms with E-state index in [9.17, 15) is 0 Å². The minimum Gasteiger partial charge on any atom is -0.399 e. The van der Waals surface area contributed by atoms with Gasteiger partial charge in [0, 0.05) is 16.4 Å². The molecular weight excluding hydrogens is 376 g/mol. The number of halogens is 1. The normalized spacial score (nSPS) is 13.7. The molecule has 1 aliphatic rings. The highest BCUT2D eigenvalue weighted by Gasteiger charge is 2.46. The fourth-order valence-corrected chi connectivity index (χ4v) is 5.10. The van der Waals surface area contributed by atoms with Gasteiger partial charge in [0.1, 0.15) is 0 Å². The summed E-state index contributed by atoms with van der Waals surface area (Å²) in [4.78, 5) is 0. The molecule has 0 aromatic heterocycles. The maximum atomic E-state index is 6.58. The molecular formula is C26H21ClN2. The van der Waals surface area contributed by atoms with Gasteiger partial charge in [-0.2, -0.15) is 0 Å². The van der Waals surface area contributed by atoms with Gasteiger partial charge in [-0.25, -0.2) is 0 Å². The van der Waals surface area contributed by atoms with E-state index in [-0.39, 0.29) is 0 Å². The first-order valence-electron chi connectivity index (χ1n) is 9.64. The number of nitrogen functional groups attached to an aromatic ring is 2. The van der Waals surface area contributed by atoms with Crippen LogP contribution in [-0.2, 0) is 5.41 Å². The minimum atomic E-state index is -0.483. The molecule has 0 bridgehead atoms. The van der Waals surface area contributed by atoms with Crippen LogP contribution in [0.4, 0.5) is 11.4 Å². The molecule has 1 aliphatic carbocycles. The molecule has 0 unspecified atom stereocenters. The second kappa shape index (κ2) is 6.40. The number of hydrogen-bond donors (Lipinski definition) is 2. The van der Waals surface area contributed by atoms with Gasteiger partial charge in [0.25, 0.3) is 0 Å². The van der Waals surface area contributed by atoms with Crippen LogP contribution in [0.1, 0.15) is 27.8 Å². The lowest BCUT2D eigenvalue weighted by atomic mass is 9.67. The molecule has 0 heterocycles. The van der Waals surface area contributed by atoms with Crippen molar-refractivity contribution in [2.24, 2.45) is 0 Å². The number of rotatable bonds is 2. The van der Waals surface area contributed by atoms with Crippen LogP contribution in [0.3, 0.4) is 0 Å². The van der Waals surface area contributed by atoms with Crippen LogP contribution in [0, 0.1) is 6.92 Å². The standard InChI is InChI=1S/C26H21ClN2/c1-16-14-19(27)15-24-25(16)22-4-2-3-5-23(22)26(24,17-6-10-20(28)11-7-17)18-8-12-21(29)13-9-18/h2-15H,28-29H2,1H3. The van der Waals surface area contributed by atoms with E-state index in [1.807, 2.05) is 30.3 Å². The second-order valence-electron chi connectivity index (χ2n) is 7.68. The van der Waals surface area contributed by atoms with Crippen molar-refractivity contribution in [2.75, 3.05) is 11.5 Å². The number of fused-ring (bicyclic) bond motifs is 3. The van der Waals surface area contributed by atoms with Gasteiger partial charge in [0.15, 0.2) is 0 Å². The maximum Gasteiger partial charge on any atom is 0.0714 e. The highest BCUT2D eigenvalue weighted by Crippen LogP contribution is 2.57. The van der Waals surface area contributed by atoms with Crippen LogP contribution in [0.15, 0.2) is 84.9 Å². The molecule has 4 aromatic rings. The quantitative estimate of drug-likeness (QED) is 0.350. The van der Waals surface area contributed by atoms with Crippen LogP contribution in [-0.4, -0.2) is 0 Å². The SMILES string of the molecule is Cc1cc(Cl)cc2c1-c1ccccc1C2(c1ccc(N)cc1)c1ccc(N)cc1. The highest BCUT2D eigenvalue weighted by atomic mass is 35.5. The molecule has 0 saturated carbocycles. The van der Waals surface area contributed by atoms with E-state index < -0.39 is 5.41 Å². The molecule has 0 spiro atoms. The van der Waals surface area contributed by atoms with Crippen molar-refractivity contribution in [1.29, 1.82) is 0 Å². The van der Waals surface area contributed by atoms with Gasteiger partial charge < -0.3 is 11.5 Å². The average Bonchev–Trinajstić information content (AvgIpc) is 3.00. The van der Waals surface area contributed by atoms with E-state index in [1.54, 1.807) is 0 Å². The minimum absolute atomic E-state index is 0.483. The fraction of sp³-hybridized carbons (Fsp3) is 0.0769. The zero-order chi connectivity index (χ0) is 20.2. The predicted molar refractivity (Wildman–Crippen MR) is 122 cm³/mol. The summed E-state index contributed by atoms with van der Waals surface area (Å²) >= 11 is 6.58. The summed E-state index contributed by atoms with van der Waals surface area (Å²) in [5.41, 5.74) is 21.5. The van der Waals surface area contributed by atoms with Crippen LogP contribution in [0.2, 0.25) is 5.02 Å². The Balaban J connectivity index is 1.98. The van der Waals surface area contributed by atoms with Crippen LogP contribution < -0.4 is 11.5 Å². The van der Waals surface area contributed by atoms with E-state index in [1.165, 1.54) is 27.8 Å². The third-order valence-electron chi connectivity index (χ3n) is 5.99. The van der Waals surface area contributed by atoms with Gasteiger partial charge in [0.2, 0.25) is 0 Å². The van der Waals surface area contributed by atoms with Gasteiger partial charge in [-0.05, 0) is 82.3 Å². The van der Waals surface area contributed by atoms with Gasteiger partial charge in [-0.1, -0.05) is 60.1 Å². The zero-order valence-electron chi connectivity index (χ0n) is 16.1. The van der Waals surface area contributed by atoms with Crippen LogP contribution >= 0.6 is 11.6 Å². The molecule has 2 nitrogen and oxygen atoms in total. The van der Waals surface area contributed by atoms with Crippen molar-refractivity contribution in [1.82, 2.24) is 0 Å². The molecule has 0 atom stereocenters. The van der Waals surface area contributed by atoms with Crippen LogP contribution in [0.25, 0.3) is 11.1 Å². The average molecular weight is 397 g/mol. The number of aryl methyl sites for hydroxylation is 1. The Bertz CT molecular complexity index is 1180. The Kier molecular flexibility index (Phi) is 3.94. The summed E-state index contributed by atoms with van der Waals surface area (Å²) in [7, 11) is 0. The van der Waals surface area contributed by atoms with Crippen molar-refractivity contribution in [3.05, 3.63) is 118 Å². The number of anilines is 2. The summed E-state index contributed by atoms with van der Waals surface area (Å²) < 4.78 is 0. The smallest absolute Gasteiger partial charge is 0.0714 e. The zero-order valence-corrected chi connectivity index (χ0v) is 16.9. The molecule has 4 aromatic carbocycles. The maximum absolute atomic E-state index is 6.58. The number of benzene rings is 4. The summed E-state index contributed by atoms with van der Waals surface area (Å²) in [5, 5.41) is 0.740. The summed E-state index contributed by atoms with van der Waals surface area (Å²) in [6.07, 6.45) is 0. The Morgan fingerprint density at radius 2 is 1.24 bits per heavy atom. The fourth-order valence-electron chi connectivity index (χ4n) is 4.82. The molecule has 4 N–H and O–H groups in total. The molecule has 3 heteroatoms. The molecule has 0 saturated heterocycles. The van der Waals surface area contributed by atoms with E-state index in [4.69, 9.17) is 23.1 Å². The Morgan fingerprint density at radius 1 is 0.690 bits per heavy atom. The van der Waals surface area contributed by atoms with Gasteiger partial charge in [-0.3, -0.25) is 0 Å². The van der Waals surface area contributed by atoms with Crippen LogP contribution in [0.5, 0.6) is 0 Å². The molecule has 5 rings (SSSR count). The van der Waals surface area contributed by atoms with Crippen molar-refractivity contribution < 1.29 is 0 Å². The Labute approximate surface area is 175 Å². The van der Waals surface area contributed by atoms with Crippen molar-refractivity contribution in [3.8, 4) is 11.1 Å². The first kappa shape index (κ1) is 17.8. The molecule has 0 amide bonds. The van der Waals surface area contributed by atoms with E-state index >= 15 is 0 Å². The first-order valence-corrected chi connectivity index (χ1v) is 10.0. The van der Waals surface area contributed by atoms with Gasteiger partial charge in [0.05, 0.1) is 5.41 Å². The van der Waals surface area contributed by atoms with Crippen molar-refractivity contribution >= 4 is 23.0 Å². The van der Waals surface area contributed by atoms with Gasteiger partial charge >= 0.3 is 0 Å². The number of hydrogen-bond acceptors (Lipinski definition) is 2. The summed E-state index contributed by atoms with van der Waals surface area (Å²) in [5.74, 6) is 0. The van der Waals surface area contributed by atoms with E-state index in [2.05, 4.69) is 61.5 Å². The lowest BCUT2D eigenvalue weighted by Crippen LogP contribution is -2.28. The summed E-state index contributed by atoms with van der Waals surface area (Å²) in [6.45, 7) is 2.13. The van der Waals surface area contributed by atoms with Crippen molar-refractivity contribution in [2.45, 2.75) is 12.3 Å². The van der Waals surface area contributed by atoms with Crippen molar-refractivity contribution in [3.63, 3.8) is 0 Å². The van der Waals surface area contributed by atoms with E-state index in [0.29, 0.717) is 0 Å². The lowest BCUT2D eigenvalue weighted by Gasteiger charge is -2.34. The second-order valence-corrected chi connectivity index (χ2v) is 8.12. The lowest BCUT2D eigenvalue weighted by molar-refractivity contribution is 0.768. The monoisotopic (exact) mass is 396 g/mol. The predicted octanol–water partition coefficient (Wildman–Crippen LogP) is 6.18. The van der Waals surface area contributed by atoms with Gasteiger partial charge in [-0.15, -0.1) is 0 Å². The van der Waals surface area contributed by atoms with E-state index in [0.717, 1.165) is 27.5 Å². The highest BCUT2D eigenvalue weighted by molar-refractivity contribution is 6.31. The molecule has 0 aliphatic heterocycles. The third-order valence-corrected chi connectivity index (χ3v) is 6.21.